The molecule has 5 saturated carbocycles. The van der Waals surface area contributed by atoms with Gasteiger partial charge < -0.3 is 75.2 Å². The molecule has 0 aliphatic heterocycles. The van der Waals surface area contributed by atoms with Crippen molar-refractivity contribution < 1.29 is 47.7 Å². The monoisotopic (exact) mass is 1530 g/mol. The second-order valence-electron chi connectivity index (χ2n) is 31.4. The highest BCUT2D eigenvalue weighted by Gasteiger charge is 2.35. The number of hydrogen-bond acceptors (Lipinski definition) is 20. The molecule has 0 bridgehead atoms. The van der Waals surface area contributed by atoms with E-state index in [1.54, 1.807) is 31.0 Å². The van der Waals surface area contributed by atoms with Gasteiger partial charge in [-0.1, -0.05) is 99.3 Å². The summed E-state index contributed by atoms with van der Waals surface area (Å²) in [7, 11) is 0. The average molecular weight is 1540 g/mol. The average Bonchev–Trinajstić information content (AvgIpc) is 1.63. The highest BCUT2D eigenvalue weighted by atomic mass is 16.5. The van der Waals surface area contributed by atoms with E-state index in [0.29, 0.717) is 103 Å². The van der Waals surface area contributed by atoms with Gasteiger partial charge in [-0.05, 0) is 171 Å². The number of rotatable bonds is 21. The normalized spacial score (nSPS) is 21.4. The predicted octanol–water partition coefficient (Wildman–Crippen LogP) is 19.4. The van der Waals surface area contributed by atoms with Crippen molar-refractivity contribution in [1.82, 2.24) is 49.8 Å². The van der Waals surface area contributed by atoms with Gasteiger partial charge in [-0.2, -0.15) is 0 Å². The molecule has 10 aromatic rings. The molecule has 10 N–H and O–H groups in total. The van der Waals surface area contributed by atoms with Gasteiger partial charge in [-0.3, -0.25) is 0 Å². The van der Waals surface area contributed by atoms with Crippen molar-refractivity contribution >= 4 is 113 Å². The van der Waals surface area contributed by atoms with E-state index in [1.807, 2.05) is 95.9 Å². The molecule has 0 spiro atoms. The zero-order valence-corrected chi connectivity index (χ0v) is 67.6. The van der Waals surface area contributed by atoms with Crippen LogP contribution in [0, 0.1) is 29.1 Å². The van der Waals surface area contributed by atoms with Crippen LogP contribution in [-0.4, -0.2) is 143 Å². The highest BCUT2D eigenvalue weighted by Crippen LogP contribution is 2.41. The summed E-state index contributed by atoms with van der Waals surface area (Å²) in [4.78, 5) is 98.5. The number of carbonyl (C=O) groups is 5. The van der Waals surface area contributed by atoms with Crippen LogP contribution in [0.2, 0.25) is 0 Å². The largest absolute Gasteiger partial charge is 0.462 e. The third-order valence-electron chi connectivity index (χ3n) is 23.1. The Labute approximate surface area is 657 Å². The number of nitrogens with zero attached hydrogens (tertiary/aromatic N) is 5. The number of hydrogen-bond donors (Lipinski definition) is 10. The fraction of sp³-hybridized carbons (Fsp3) is 0.540. The van der Waals surface area contributed by atoms with Crippen molar-refractivity contribution in [2.75, 3.05) is 59.6 Å². The summed E-state index contributed by atoms with van der Waals surface area (Å²) in [5, 5.41) is 22.8. The van der Waals surface area contributed by atoms with Gasteiger partial charge in [0, 0.05) is 119 Å². The zero-order valence-electron chi connectivity index (χ0n) is 67.6. The second-order valence-corrected chi connectivity index (χ2v) is 31.4. The second kappa shape index (κ2) is 39.8. The number of aromatic nitrogens is 10. The van der Waals surface area contributed by atoms with Crippen LogP contribution in [0.5, 0.6) is 0 Å². The van der Waals surface area contributed by atoms with E-state index in [2.05, 4.69) is 118 Å². The Kier molecular flexibility index (Phi) is 29.4. The molecule has 0 amide bonds. The zero-order chi connectivity index (χ0) is 79.3. The first-order chi connectivity index (χ1) is 54.3. The van der Waals surface area contributed by atoms with E-state index in [4.69, 9.17) is 23.7 Å². The fourth-order valence-electron chi connectivity index (χ4n) is 16.7. The van der Waals surface area contributed by atoms with Gasteiger partial charge in [0.2, 0.25) is 0 Å². The lowest BCUT2D eigenvalue weighted by Gasteiger charge is -2.40. The number of aromatic amines is 5. The molecule has 7 atom stereocenters. The molecular formula is C87H119N15O10. The van der Waals surface area contributed by atoms with Gasteiger partial charge in [-0.25, -0.2) is 48.9 Å². The summed E-state index contributed by atoms with van der Waals surface area (Å²) in [6.45, 7) is 24.6. The molecule has 0 saturated heterocycles. The molecule has 5 aliphatic rings. The van der Waals surface area contributed by atoms with Crippen molar-refractivity contribution in [3.8, 4) is 0 Å². The van der Waals surface area contributed by atoms with Crippen LogP contribution in [0.15, 0.2) is 92.3 Å². The molecule has 25 heteroatoms. The molecule has 112 heavy (non-hydrogen) atoms. The molecular weight excluding hydrogens is 1420 g/mol. The Hall–Kier alpha value is -10.2. The van der Waals surface area contributed by atoms with E-state index in [-0.39, 0.29) is 35.3 Å². The first kappa shape index (κ1) is 82.8. The molecule has 10 aromatic heterocycles. The Balaban J connectivity index is 0.000000138. The van der Waals surface area contributed by atoms with E-state index in [0.717, 1.165) is 147 Å². The van der Waals surface area contributed by atoms with Crippen LogP contribution in [0.1, 0.15) is 263 Å². The summed E-state index contributed by atoms with van der Waals surface area (Å²) in [5.41, 5.74) is 11.0. The molecule has 0 radical (unpaired) electrons. The smallest absolute Gasteiger partial charge is 0.341 e. The minimum Gasteiger partial charge on any atom is -0.462 e. The van der Waals surface area contributed by atoms with Gasteiger partial charge in [-0.15, -0.1) is 0 Å². The standard InChI is InChI=1S/2C18H25N3O2.3C17H23N3O2/c1-4-23-17(22)13-11-20-16-12(8-10-19-16)15(13)21-14-7-5-6-9-18(14,2)3;1-3-12-7-5-6-8-15(12)21-16-13-9-10-19-17(13)20-11-14(16)18(22)23-4-2;1-3-22-17(21)14-10-19-16-13(8-9-18-16)15(14)20-12-6-4-11(2)5-7-12;1-3-22-17(21)14-10-19-16-13(7-8-18-16)15(14)20-12-6-4-5-11(2)9-12;1-3-22-17(21)13-10-19-16-12(8-9-18-16)15(13)20-14-7-5-4-6-11(14)2/h8,10-11,14H,4-7,9H2,1-3H3,(H2,19,20,21);9-12,15H,3-8H2,1-2H3,(H2,19,20,21);8-12H,3-7H2,1-2H3,(H2,18,19,20);7-8,10-12H,3-6,9H2,1-2H3,(H2,18,19,20);8-11,14H,3-7H2,1-2H3,(H2,18,19,20)/t;12-,15+;;;11-,14+/m.1..0/s1. The van der Waals surface area contributed by atoms with Gasteiger partial charge in [0.15, 0.2) is 0 Å². The third kappa shape index (κ3) is 20.5. The molecule has 15 rings (SSSR count). The molecule has 0 aromatic carbocycles. The number of H-pyrrole nitrogens is 5. The van der Waals surface area contributed by atoms with E-state index < -0.39 is 0 Å². The number of pyridine rings is 5. The van der Waals surface area contributed by atoms with E-state index in [1.165, 1.54) is 83.5 Å². The lowest BCUT2D eigenvalue weighted by Crippen LogP contribution is -2.39. The Morgan fingerprint density at radius 2 is 0.723 bits per heavy atom. The summed E-state index contributed by atoms with van der Waals surface area (Å²) in [6, 6.07) is 11.7. The molecule has 5 aliphatic carbocycles. The van der Waals surface area contributed by atoms with E-state index >= 15 is 0 Å². The summed E-state index contributed by atoms with van der Waals surface area (Å²) >= 11 is 0. The number of nitrogens with one attached hydrogen (secondary N) is 10. The maximum atomic E-state index is 12.3. The van der Waals surface area contributed by atoms with Crippen molar-refractivity contribution in [3.05, 3.63) is 120 Å². The topological polar surface area (TPSA) is 335 Å². The van der Waals surface area contributed by atoms with Gasteiger partial charge >= 0.3 is 29.8 Å². The SMILES string of the molecule is CCOC(=O)c1cnc2[nH]ccc2c1NC1CCC(C)CC1.CCOC(=O)c1cnc2[nH]ccc2c1NC1CCCC(C)C1.CCOC(=O)c1cnc2[nH]ccc2c1NC1CCCCC1(C)C.CCOC(=O)c1cnc2[nH]ccc2c1N[C@@H]1CCCC[C@@H]1C.CCOC(=O)c1cnc2[nH]ccc2c1N[C@H]1CCCC[C@H]1CC. The van der Waals surface area contributed by atoms with Gasteiger partial charge in [0.25, 0.3) is 0 Å². The number of ether oxygens (including phenoxy) is 5. The van der Waals surface area contributed by atoms with Crippen molar-refractivity contribution in [3.63, 3.8) is 0 Å². The van der Waals surface area contributed by atoms with Crippen molar-refractivity contribution in [2.24, 2.45) is 29.1 Å². The van der Waals surface area contributed by atoms with Crippen molar-refractivity contribution in [1.29, 1.82) is 0 Å². The molecule has 3 unspecified atom stereocenters. The highest BCUT2D eigenvalue weighted by molar-refractivity contribution is 6.08. The maximum Gasteiger partial charge on any atom is 0.341 e. The Morgan fingerprint density at radius 3 is 1.10 bits per heavy atom. The lowest BCUT2D eigenvalue weighted by molar-refractivity contribution is 0.0517. The summed E-state index contributed by atoms with van der Waals surface area (Å²) in [5.74, 6) is 1.20. The van der Waals surface area contributed by atoms with Crippen LogP contribution in [0.3, 0.4) is 0 Å². The fourth-order valence-corrected chi connectivity index (χ4v) is 16.7. The Bertz CT molecular complexity index is 4740. The molecule has 5 fully saturated rings. The number of carbonyl (C=O) groups excluding carboxylic acids is 5. The van der Waals surface area contributed by atoms with Gasteiger partial charge in [0.1, 0.15) is 56.1 Å². The summed E-state index contributed by atoms with van der Waals surface area (Å²) < 4.78 is 25.9. The molecule has 602 valence electrons. The number of esters is 5. The predicted molar refractivity (Wildman–Crippen MR) is 445 cm³/mol. The minimum atomic E-state index is -0.320. The van der Waals surface area contributed by atoms with Crippen molar-refractivity contribution in [2.45, 2.75) is 241 Å². The summed E-state index contributed by atoms with van der Waals surface area (Å²) in [6.07, 6.45) is 42.6. The van der Waals surface area contributed by atoms with Crippen LogP contribution < -0.4 is 26.6 Å². The first-order valence-corrected chi connectivity index (χ1v) is 41.3. The third-order valence-corrected chi connectivity index (χ3v) is 23.1. The molecule has 25 nitrogen and oxygen atoms in total. The number of fused-ring (bicyclic) bond motifs is 5. The lowest BCUT2D eigenvalue weighted by atomic mass is 9.73. The first-order valence-electron chi connectivity index (χ1n) is 41.3. The van der Waals surface area contributed by atoms with Crippen LogP contribution in [0.4, 0.5) is 28.4 Å². The van der Waals surface area contributed by atoms with E-state index in [9.17, 15) is 24.0 Å². The minimum absolute atomic E-state index is 0.204. The Morgan fingerprint density at radius 1 is 0.375 bits per heavy atom. The van der Waals surface area contributed by atoms with Gasteiger partial charge in [0.05, 0.1) is 61.5 Å². The van der Waals surface area contributed by atoms with Crippen LogP contribution in [0.25, 0.3) is 55.2 Å². The number of anilines is 5. The molecule has 10 heterocycles. The van der Waals surface area contributed by atoms with Crippen LogP contribution in [-0.2, 0) is 23.7 Å². The maximum absolute atomic E-state index is 12.3. The quantitative estimate of drug-likeness (QED) is 0.0236. The van der Waals surface area contributed by atoms with Crippen LogP contribution >= 0.6 is 0 Å².